The molecule has 0 atom stereocenters. The highest BCUT2D eigenvalue weighted by Gasteiger charge is 2.03. The Hall–Kier alpha value is -2.40. The van der Waals surface area contributed by atoms with Gasteiger partial charge in [0.2, 0.25) is 0 Å². The number of nitrogens with zero attached hydrogens (tertiary/aromatic N) is 1. The first-order valence-electron chi connectivity index (χ1n) is 6.51. The number of ether oxygens (including phenoxy) is 1. The molecule has 0 radical (unpaired) electrons. The Kier molecular flexibility index (Phi) is 5.49. The van der Waals surface area contributed by atoms with Gasteiger partial charge in [0.05, 0.1) is 6.21 Å². The van der Waals surface area contributed by atoms with Gasteiger partial charge in [-0.2, -0.15) is 5.10 Å². The molecule has 2 rings (SSSR count). The van der Waals surface area contributed by atoms with Crippen molar-refractivity contribution in [2.24, 2.45) is 5.10 Å². The van der Waals surface area contributed by atoms with Crippen molar-refractivity contribution in [2.45, 2.75) is 6.92 Å². The van der Waals surface area contributed by atoms with E-state index in [0.29, 0.717) is 16.3 Å². The summed E-state index contributed by atoms with van der Waals surface area (Å²) in [7, 11) is 0. The molecule has 2 aromatic rings. The van der Waals surface area contributed by atoms with Crippen molar-refractivity contribution in [3.63, 3.8) is 0 Å². The molecule has 1 amide bonds. The molecular formula is C16H14ClFN2O2. The monoisotopic (exact) mass is 320 g/mol. The second-order valence-electron chi connectivity index (χ2n) is 4.55. The Bertz CT molecular complexity index is 704. The number of carbonyl (C=O) groups is 1. The molecule has 114 valence electrons. The SMILES string of the molecule is Cc1cc(OCC(=O)NN=Cc2cccc(F)c2)ccc1Cl. The van der Waals surface area contributed by atoms with Crippen LogP contribution in [0, 0.1) is 12.7 Å². The molecule has 0 saturated carbocycles. The van der Waals surface area contributed by atoms with E-state index in [4.69, 9.17) is 16.3 Å². The standard InChI is InChI=1S/C16H14ClFN2O2/c1-11-7-14(5-6-15(11)17)22-10-16(21)20-19-9-12-3-2-4-13(18)8-12/h2-9H,10H2,1H3,(H,20,21). The Labute approximate surface area is 132 Å². The van der Waals surface area contributed by atoms with E-state index in [1.807, 2.05) is 6.92 Å². The average Bonchev–Trinajstić information content (AvgIpc) is 2.48. The maximum Gasteiger partial charge on any atom is 0.277 e. The summed E-state index contributed by atoms with van der Waals surface area (Å²) in [6.45, 7) is 1.67. The lowest BCUT2D eigenvalue weighted by Gasteiger charge is -2.06. The molecule has 2 aromatic carbocycles. The van der Waals surface area contributed by atoms with Gasteiger partial charge >= 0.3 is 0 Å². The minimum Gasteiger partial charge on any atom is -0.484 e. The second kappa shape index (κ2) is 7.56. The van der Waals surface area contributed by atoms with Crippen molar-refractivity contribution in [1.29, 1.82) is 0 Å². The zero-order valence-corrected chi connectivity index (χ0v) is 12.6. The predicted octanol–water partition coefficient (Wildman–Crippen LogP) is 3.32. The largest absolute Gasteiger partial charge is 0.484 e. The summed E-state index contributed by atoms with van der Waals surface area (Å²) in [5.74, 6) is -0.233. The fourth-order valence-electron chi connectivity index (χ4n) is 1.65. The van der Waals surface area contributed by atoms with Crippen LogP contribution in [0.1, 0.15) is 11.1 Å². The molecule has 0 aliphatic heterocycles. The van der Waals surface area contributed by atoms with Crippen LogP contribution in [0.25, 0.3) is 0 Å². The summed E-state index contributed by atoms with van der Waals surface area (Å²) < 4.78 is 18.3. The maximum atomic E-state index is 12.9. The summed E-state index contributed by atoms with van der Waals surface area (Å²) in [6.07, 6.45) is 1.35. The van der Waals surface area contributed by atoms with Crippen LogP contribution in [0.5, 0.6) is 5.75 Å². The fourth-order valence-corrected chi connectivity index (χ4v) is 1.77. The van der Waals surface area contributed by atoms with Gasteiger partial charge in [-0.3, -0.25) is 4.79 Å². The Balaban J connectivity index is 1.81. The van der Waals surface area contributed by atoms with Crippen molar-refractivity contribution < 1.29 is 13.9 Å². The third kappa shape index (κ3) is 4.86. The summed E-state index contributed by atoms with van der Waals surface area (Å²) in [4.78, 5) is 11.6. The van der Waals surface area contributed by atoms with Crippen LogP contribution in [0.15, 0.2) is 47.6 Å². The molecule has 0 aliphatic carbocycles. The maximum absolute atomic E-state index is 12.9. The molecule has 0 saturated heterocycles. The number of carbonyl (C=O) groups excluding carboxylic acids is 1. The first-order chi connectivity index (χ1) is 10.5. The Morgan fingerprint density at radius 1 is 1.36 bits per heavy atom. The third-order valence-electron chi connectivity index (χ3n) is 2.75. The molecule has 22 heavy (non-hydrogen) atoms. The summed E-state index contributed by atoms with van der Waals surface area (Å²) in [5, 5.41) is 4.37. The first-order valence-corrected chi connectivity index (χ1v) is 6.89. The summed E-state index contributed by atoms with van der Waals surface area (Å²) in [5.41, 5.74) is 3.72. The molecular weight excluding hydrogens is 307 g/mol. The van der Waals surface area contributed by atoms with Gasteiger partial charge in [0.1, 0.15) is 11.6 Å². The van der Waals surface area contributed by atoms with Crippen LogP contribution in [0.4, 0.5) is 4.39 Å². The molecule has 0 unspecified atom stereocenters. The highest BCUT2D eigenvalue weighted by Crippen LogP contribution is 2.20. The van der Waals surface area contributed by atoms with Gasteiger partial charge in [-0.1, -0.05) is 23.7 Å². The van der Waals surface area contributed by atoms with Crippen molar-refractivity contribution in [3.05, 3.63) is 64.4 Å². The molecule has 1 N–H and O–H groups in total. The first kappa shape index (κ1) is 16.0. The molecule has 0 bridgehead atoms. The van der Waals surface area contributed by atoms with Crippen molar-refractivity contribution >= 4 is 23.7 Å². The highest BCUT2D eigenvalue weighted by atomic mass is 35.5. The average molecular weight is 321 g/mol. The molecule has 0 fully saturated rings. The van der Waals surface area contributed by atoms with Crippen molar-refractivity contribution in [1.82, 2.24) is 5.43 Å². The number of nitrogens with one attached hydrogen (secondary N) is 1. The number of benzene rings is 2. The normalized spacial score (nSPS) is 10.7. The molecule has 4 nitrogen and oxygen atoms in total. The minimum atomic E-state index is -0.416. The van der Waals surface area contributed by atoms with Crippen LogP contribution in [-0.2, 0) is 4.79 Å². The molecule has 0 aliphatic rings. The van der Waals surface area contributed by atoms with Gasteiger partial charge in [-0.05, 0) is 48.4 Å². The number of rotatable bonds is 5. The number of hydrazone groups is 1. The lowest BCUT2D eigenvalue weighted by Crippen LogP contribution is -2.24. The lowest BCUT2D eigenvalue weighted by atomic mass is 10.2. The third-order valence-corrected chi connectivity index (χ3v) is 3.17. The Morgan fingerprint density at radius 3 is 2.91 bits per heavy atom. The molecule has 0 spiro atoms. The summed E-state index contributed by atoms with van der Waals surface area (Å²) >= 11 is 5.90. The number of hydrogen-bond donors (Lipinski definition) is 1. The highest BCUT2D eigenvalue weighted by molar-refractivity contribution is 6.31. The lowest BCUT2D eigenvalue weighted by molar-refractivity contribution is -0.123. The van der Waals surface area contributed by atoms with Crippen molar-refractivity contribution in [3.8, 4) is 5.75 Å². The van der Waals surface area contributed by atoms with Gasteiger partial charge in [-0.15, -0.1) is 0 Å². The number of hydrogen-bond acceptors (Lipinski definition) is 3. The van der Waals surface area contributed by atoms with Gasteiger partial charge in [-0.25, -0.2) is 9.82 Å². The van der Waals surface area contributed by atoms with Crippen molar-refractivity contribution in [2.75, 3.05) is 6.61 Å². The van der Waals surface area contributed by atoms with Gasteiger partial charge in [0.25, 0.3) is 5.91 Å². The number of aryl methyl sites for hydroxylation is 1. The van der Waals surface area contributed by atoms with E-state index < -0.39 is 5.91 Å². The topological polar surface area (TPSA) is 50.7 Å². The van der Waals surface area contributed by atoms with E-state index in [1.54, 1.807) is 30.3 Å². The molecule has 0 heterocycles. The van der Waals surface area contributed by atoms with E-state index in [2.05, 4.69) is 10.5 Å². The van der Waals surface area contributed by atoms with E-state index in [9.17, 15) is 9.18 Å². The van der Waals surface area contributed by atoms with Gasteiger partial charge < -0.3 is 4.74 Å². The summed E-state index contributed by atoms with van der Waals surface area (Å²) in [6, 6.07) is 11.0. The van der Waals surface area contributed by atoms with Crippen LogP contribution in [-0.4, -0.2) is 18.7 Å². The molecule has 0 aromatic heterocycles. The van der Waals surface area contributed by atoms with Crippen LogP contribution in [0.2, 0.25) is 5.02 Å². The number of amides is 1. The van der Waals surface area contributed by atoms with Gasteiger partial charge in [0, 0.05) is 5.02 Å². The van der Waals surface area contributed by atoms with E-state index in [-0.39, 0.29) is 12.4 Å². The quantitative estimate of drug-likeness (QED) is 0.678. The smallest absolute Gasteiger partial charge is 0.277 e. The predicted molar refractivity (Wildman–Crippen MR) is 83.8 cm³/mol. The Morgan fingerprint density at radius 2 is 2.18 bits per heavy atom. The van der Waals surface area contributed by atoms with E-state index >= 15 is 0 Å². The fraction of sp³-hybridized carbons (Fsp3) is 0.125. The van der Waals surface area contributed by atoms with Crippen LogP contribution < -0.4 is 10.2 Å². The van der Waals surface area contributed by atoms with Crippen LogP contribution in [0.3, 0.4) is 0 Å². The van der Waals surface area contributed by atoms with Crippen LogP contribution >= 0.6 is 11.6 Å². The van der Waals surface area contributed by atoms with Gasteiger partial charge in [0.15, 0.2) is 6.61 Å². The minimum absolute atomic E-state index is 0.179. The van der Waals surface area contributed by atoms with E-state index in [0.717, 1.165) is 5.56 Å². The zero-order chi connectivity index (χ0) is 15.9. The second-order valence-corrected chi connectivity index (χ2v) is 4.96. The van der Waals surface area contributed by atoms with E-state index in [1.165, 1.54) is 18.3 Å². The zero-order valence-electron chi connectivity index (χ0n) is 11.8. The number of halogens is 2. The molecule has 6 heteroatoms.